The van der Waals surface area contributed by atoms with Crippen molar-refractivity contribution in [2.45, 2.75) is 6.92 Å². The number of hydrogen-bond donors (Lipinski definition) is 1. The Balaban J connectivity index is 1.44. The Hall–Kier alpha value is -3.87. The summed E-state index contributed by atoms with van der Waals surface area (Å²) in [6.07, 6.45) is -0.703. The highest BCUT2D eigenvalue weighted by atomic mass is 16.6. The Bertz CT molecular complexity index is 988. The Kier molecular flexibility index (Phi) is 6.42. The van der Waals surface area contributed by atoms with Crippen LogP contribution in [0.2, 0.25) is 0 Å². The number of amides is 1. The van der Waals surface area contributed by atoms with Gasteiger partial charge >= 0.3 is 6.09 Å². The highest BCUT2D eigenvalue weighted by Crippen LogP contribution is 2.23. The van der Waals surface area contributed by atoms with Gasteiger partial charge in [0, 0.05) is 11.6 Å². The molecule has 1 N–H and O–H groups in total. The van der Waals surface area contributed by atoms with Crippen LogP contribution in [0, 0.1) is 17.0 Å². The molecule has 0 aliphatic heterocycles. The molecule has 1 amide bonds. The third-order valence-corrected chi connectivity index (χ3v) is 4.20. The van der Waals surface area contributed by atoms with Crippen LogP contribution in [-0.2, 0) is 4.74 Å². The van der Waals surface area contributed by atoms with Crippen molar-refractivity contribution < 1.29 is 19.2 Å². The van der Waals surface area contributed by atoms with Gasteiger partial charge in [-0.05, 0) is 36.2 Å². The largest absolute Gasteiger partial charge is 0.490 e. The number of benzene rings is 3. The Labute approximate surface area is 168 Å². The van der Waals surface area contributed by atoms with Crippen LogP contribution in [0.15, 0.2) is 72.8 Å². The quantitative estimate of drug-likeness (QED) is 0.339. The molecule has 0 bridgehead atoms. The van der Waals surface area contributed by atoms with Crippen LogP contribution in [0.3, 0.4) is 0 Å². The maximum atomic E-state index is 11.8. The molecule has 0 aliphatic carbocycles. The number of nitrogens with zero attached hydrogens (tertiary/aromatic N) is 1. The van der Waals surface area contributed by atoms with E-state index in [4.69, 9.17) is 9.47 Å². The minimum Gasteiger partial charge on any atom is -0.490 e. The number of carbonyl (C=O) groups is 1. The summed E-state index contributed by atoms with van der Waals surface area (Å²) >= 11 is 0. The van der Waals surface area contributed by atoms with Gasteiger partial charge in [-0.3, -0.25) is 15.4 Å². The molecule has 3 rings (SSSR count). The summed E-state index contributed by atoms with van der Waals surface area (Å²) in [7, 11) is 0. The summed E-state index contributed by atoms with van der Waals surface area (Å²) in [5.74, 6) is 0.669. The van der Waals surface area contributed by atoms with Crippen molar-refractivity contribution in [3.63, 3.8) is 0 Å². The van der Waals surface area contributed by atoms with Crippen molar-refractivity contribution in [3.05, 3.63) is 88.5 Å². The lowest BCUT2D eigenvalue weighted by atomic mass is 10.1. The van der Waals surface area contributed by atoms with E-state index in [0.29, 0.717) is 17.0 Å². The van der Waals surface area contributed by atoms with E-state index in [0.717, 1.165) is 11.1 Å². The molecular weight excluding hydrogens is 372 g/mol. The first-order chi connectivity index (χ1) is 14.0. The van der Waals surface area contributed by atoms with Gasteiger partial charge in [0.15, 0.2) is 0 Å². The van der Waals surface area contributed by atoms with Crippen LogP contribution in [0.5, 0.6) is 5.75 Å². The van der Waals surface area contributed by atoms with E-state index in [-0.39, 0.29) is 18.9 Å². The molecule has 0 spiro atoms. The molecule has 7 nitrogen and oxygen atoms in total. The summed E-state index contributed by atoms with van der Waals surface area (Å²) in [4.78, 5) is 22.3. The monoisotopic (exact) mass is 392 g/mol. The van der Waals surface area contributed by atoms with Crippen LogP contribution in [-0.4, -0.2) is 24.2 Å². The fraction of sp³-hybridized carbons (Fsp3) is 0.136. The Morgan fingerprint density at radius 1 is 0.966 bits per heavy atom. The second-order valence-corrected chi connectivity index (χ2v) is 6.26. The van der Waals surface area contributed by atoms with Gasteiger partial charge in [-0.15, -0.1) is 0 Å². The van der Waals surface area contributed by atoms with Crippen molar-refractivity contribution in [2.24, 2.45) is 0 Å². The lowest BCUT2D eigenvalue weighted by molar-refractivity contribution is -0.385. The zero-order chi connectivity index (χ0) is 20.6. The molecule has 0 fully saturated rings. The normalized spacial score (nSPS) is 10.2. The maximum Gasteiger partial charge on any atom is 0.411 e. The summed E-state index contributed by atoms with van der Waals surface area (Å²) in [5, 5.41) is 13.4. The molecule has 148 valence electrons. The molecule has 0 saturated heterocycles. The molecule has 0 heterocycles. The number of nitro groups is 1. The van der Waals surface area contributed by atoms with E-state index in [1.54, 1.807) is 19.1 Å². The molecule has 0 radical (unpaired) electrons. The molecule has 29 heavy (non-hydrogen) atoms. The number of aryl methyl sites for hydroxylation is 1. The van der Waals surface area contributed by atoms with Crippen molar-refractivity contribution in [1.29, 1.82) is 0 Å². The molecule has 0 atom stereocenters. The predicted octanol–water partition coefficient (Wildman–Crippen LogP) is 5.20. The topological polar surface area (TPSA) is 90.7 Å². The lowest BCUT2D eigenvalue weighted by Crippen LogP contribution is -2.17. The van der Waals surface area contributed by atoms with Crippen LogP contribution < -0.4 is 10.1 Å². The molecule has 7 heteroatoms. The van der Waals surface area contributed by atoms with Gasteiger partial charge in [-0.1, -0.05) is 48.5 Å². The van der Waals surface area contributed by atoms with Crippen LogP contribution in [0.1, 0.15) is 5.56 Å². The Morgan fingerprint density at radius 3 is 2.34 bits per heavy atom. The predicted molar refractivity (Wildman–Crippen MR) is 110 cm³/mol. The van der Waals surface area contributed by atoms with Crippen molar-refractivity contribution in [1.82, 2.24) is 0 Å². The smallest absolute Gasteiger partial charge is 0.411 e. The lowest BCUT2D eigenvalue weighted by Gasteiger charge is -2.09. The van der Waals surface area contributed by atoms with Gasteiger partial charge in [0.25, 0.3) is 5.69 Å². The van der Waals surface area contributed by atoms with Crippen molar-refractivity contribution >= 4 is 17.5 Å². The second-order valence-electron chi connectivity index (χ2n) is 6.26. The first kappa shape index (κ1) is 19.9. The average molecular weight is 392 g/mol. The summed E-state index contributed by atoms with van der Waals surface area (Å²) < 4.78 is 10.6. The SMILES string of the molecule is Cc1ccc(NC(=O)OCCOc2ccc(-c3ccccc3)cc2)cc1[N+](=O)[O-]. The number of nitro benzene ring substituents is 1. The Morgan fingerprint density at radius 2 is 1.66 bits per heavy atom. The highest BCUT2D eigenvalue weighted by molar-refractivity contribution is 5.85. The first-order valence-corrected chi connectivity index (χ1v) is 9.00. The number of ether oxygens (including phenoxy) is 2. The number of hydrogen-bond acceptors (Lipinski definition) is 5. The van der Waals surface area contributed by atoms with E-state index >= 15 is 0 Å². The van der Waals surface area contributed by atoms with Crippen LogP contribution in [0.4, 0.5) is 16.2 Å². The zero-order valence-corrected chi connectivity index (χ0v) is 15.8. The third kappa shape index (κ3) is 5.55. The first-order valence-electron chi connectivity index (χ1n) is 9.00. The fourth-order valence-electron chi connectivity index (χ4n) is 2.71. The number of nitrogens with one attached hydrogen (secondary N) is 1. The van der Waals surface area contributed by atoms with Crippen molar-refractivity contribution in [2.75, 3.05) is 18.5 Å². The van der Waals surface area contributed by atoms with E-state index in [2.05, 4.69) is 5.32 Å². The van der Waals surface area contributed by atoms with Gasteiger partial charge in [0.2, 0.25) is 0 Å². The standard InChI is InChI=1S/C22H20N2O5/c1-16-7-10-19(15-21(16)24(26)27)23-22(25)29-14-13-28-20-11-8-18(9-12-20)17-5-3-2-4-6-17/h2-12,15H,13-14H2,1H3,(H,23,25). The van der Waals surface area contributed by atoms with Gasteiger partial charge in [-0.25, -0.2) is 4.79 Å². The minimum atomic E-state index is -0.703. The van der Waals surface area contributed by atoms with Crippen LogP contribution >= 0.6 is 0 Å². The van der Waals surface area contributed by atoms with Gasteiger partial charge in [-0.2, -0.15) is 0 Å². The second kappa shape index (κ2) is 9.36. The van der Waals surface area contributed by atoms with Gasteiger partial charge in [0.1, 0.15) is 19.0 Å². The number of carbonyl (C=O) groups excluding carboxylic acids is 1. The number of rotatable bonds is 7. The van der Waals surface area contributed by atoms with Gasteiger partial charge < -0.3 is 9.47 Å². The van der Waals surface area contributed by atoms with Crippen LogP contribution in [0.25, 0.3) is 11.1 Å². The van der Waals surface area contributed by atoms with E-state index in [9.17, 15) is 14.9 Å². The minimum absolute atomic E-state index is 0.0419. The number of anilines is 1. The molecule has 0 aliphatic rings. The summed E-state index contributed by atoms with van der Waals surface area (Å²) in [6.45, 7) is 1.86. The highest BCUT2D eigenvalue weighted by Gasteiger charge is 2.12. The molecular formula is C22H20N2O5. The van der Waals surface area contributed by atoms with Gasteiger partial charge in [0.05, 0.1) is 10.6 Å². The third-order valence-electron chi connectivity index (χ3n) is 4.20. The molecule has 0 aromatic heterocycles. The maximum absolute atomic E-state index is 11.8. The van der Waals surface area contributed by atoms with Crippen molar-refractivity contribution in [3.8, 4) is 16.9 Å². The molecule has 3 aromatic carbocycles. The van der Waals surface area contributed by atoms with E-state index < -0.39 is 11.0 Å². The summed E-state index contributed by atoms with van der Waals surface area (Å²) in [6, 6.07) is 22.1. The van der Waals surface area contributed by atoms with E-state index in [1.807, 2.05) is 54.6 Å². The molecule has 3 aromatic rings. The fourth-order valence-corrected chi connectivity index (χ4v) is 2.71. The van der Waals surface area contributed by atoms with E-state index in [1.165, 1.54) is 6.07 Å². The molecule has 0 saturated carbocycles. The zero-order valence-electron chi connectivity index (χ0n) is 15.8. The average Bonchev–Trinajstić information content (AvgIpc) is 2.73. The molecule has 0 unspecified atom stereocenters. The summed E-state index contributed by atoms with van der Waals surface area (Å²) in [5.41, 5.74) is 2.95.